The first kappa shape index (κ1) is 18.4. The van der Waals surface area contributed by atoms with E-state index in [4.69, 9.17) is 4.74 Å². The number of likely N-dealkylation sites (N-methyl/N-ethyl adjacent to an activating group) is 1. The molecule has 2 atom stereocenters. The van der Waals surface area contributed by atoms with Gasteiger partial charge in [-0.3, -0.25) is 9.59 Å². The van der Waals surface area contributed by atoms with Crippen molar-refractivity contribution in [1.82, 2.24) is 15.1 Å². The van der Waals surface area contributed by atoms with Gasteiger partial charge in [0.2, 0.25) is 5.91 Å². The van der Waals surface area contributed by atoms with Gasteiger partial charge in [0.1, 0.15) is 12.4 Å². The number of ether oxygens (including phenoxy) is 1. The Morgan fingerprint density at radius 2 is 2.12 bits per heavy atom. The number of hydrogen-bond acceptors (Lipinski definition) is 4. The maximum atomic E-state index is 14.2. The van der Waals surface area contributed by atoms with Crippen molar-refractivity contribution in [3.63, 3.8) is 0 Å². The van der Waals surface area contributed by atoms with Crippen LogP contribution in [0, 0.1) is 5.82 Å². The van der Waals surface area contributed by atoms with Crippen molar-refractivity contribution >= 4 is 11.8 Å². The molecule has 2 amide bonds. The van der Waals surface area contributed by atoms with Crippen molar-refractivity contribution in [3.05, 3.63) is 35.6 Å². The molecule has 0 aromatic heterocycles. The fourth-order valence-electron chi connectivity index (χ4n) is 2.73. The molecule has 1 aromatic carbocycles. The molecule has 0 unspecified atom stereocenters. The molecule has 0 spiro atoms. The highest BCUT2D eigenvalue weighted by Gasteiger charge is 2.41. The van der Waals surface area contributed by atoms with Gasteiger partial charge in [0.25, 0.3) is 5.91 Å². The number of nitrogens with one attached hydrogen (secondary N) is 1. The van der Waals surface area contributed by atoms with Crippen LogP contribution in [0.25, 0.3) is 0 Å². The van der Waals surface area contributed by atoms with Crippen LogP contribution in [0.3, 0.4) is 0 Å². The van der Waals surface area contributed by atoms with Crippen LogP contribution in [0.5, 0.6) is 0 Å². The minimum Gasteiger partial charge on any atom is -0.356 e. The lowest BCUT2D eigenvalue weighted by molar-refractivity contribution is -0.162. The average Bonchev–Trinajstić information content (AvgIpc) is 2.54. The number of halogens is 1. The Morgan fingerprint density at radius 1 is 1.42 bits per heavy atom. The number of nitrogens with zero attached hydrogens (tertiary/aromatic N) is 2. The van der Waals surface area contributed by atoms with Crippen LogP contribution in [0.1, 0.15) is 18.0 Å². The lowest BCUT2D eigenvalue weighted by Gasteiger charge is -2.38. The van der Waals surface area contributed by atoms with E-state index in [1.54, 1.807) is 25.2 Å². The van der Waals surface area contributed by atoms with E-state index >= 15 is 0 Å². The van der Waals surface area contributed by atoms with Crippen molar-refractivity contribution in [3.8, 4) is 0 Å². The number of morpholine rings is 1. The topological polar surface area (TPSA) is 61.9 Å². The number of hydrogen-bond donors (Lipinski definition) is 1. The van der Waals surface area contributed by atoms with Crippen LogP contribution >= 0.6 is 0 Å². The van der Waals surface area contributed by atoms with Gasteiger partial charge in [-0.25, -0.2) is 4.39 Å². The molecule has 1 aromatic rings. The molecule has 6 nitrogen and oxygen atoms in total. The second kappa shape index (κ2) is 8.21. The maximum absolute atomic E-state index is 14.2. The summed E-state index contributed by atoms with van der Waals surface area (Å²) >= 11 is 0. The molecule has 1 aliphatic rings. The summed E-state index contributed by atoms with van der Waals surface area (Å²) in [5.74, 6) is -1.07. The number of benzene rings is 1. The van der Waals surface area contributed by atoms with Gasteiger partial charge in [-0.1, -0.05) is 18.2 Å². The van der Waals surface area contributed by atoms with E-state index in [9.17, 15) is 14.0 Å². The molecular formula is C17H24FN3O3. The smallest absolute Gasteiger partial charge is 0.251 e. The SMILES string of the molecule is CN(C)CCCNC(=O)[C@H]1OCC(=O)N(C)[C@H]1c1ccccc1F. The van der Waals surface area contributed by atoms with Crippen LogP contribution in [0.4, 0.5) is 4.39 Å². The van der Waals surface area contributed by atoms with Crippen LogP contribution in [-0.2, 0) is 14.3 Å². The summed E-state index contributed by atoms with van der Waals surface area (Å²) in [7, 11) is 5.48. The van der Waals surface area contributed by atoms with Crippen molar-refractivity contribution < 1.29 is 18.7 Å². The first-order valence-corrected chi connectivity index (χ1v) is 7.96. The normalized spacial score (nSPS) is 21.2. The summed E-state index contributed by atoms with van der Waals surface area (Å²) in [6.07, 6.45) is -0.131. The molecule has 1 heterocycles. The summed E-state index contributed by atoms with van der Waals surface area (Å²) in [6.45, 7) is 1.16. The Kier molecular flexibility index (Phi) is 6.28. The molecule has 0 radical (unpaired) electrons. The van der Waals surface area contributed by atoms with Gasteiger partial charge in [-0.05, 0) is 33.1 Å². The van der Waals surface area contributed by atoms with E-state index in [0.29, 0.717) is 6.54 Å². The summed E-state index contributed by atoms with van der Waals surface area (Å²) in [5, 5.41) is 2.81. The number of rotatable bonds is 6. The fraction of sp³-hybridized carbons (Fsp3) is 0.529. The number of carbonyl (C=O) groups is 2. The summed E-state index contributed by atoms with van der Waals surface area (Å²) in [5.41, 5.74) is 0.279. The van der Waals surface area contributed by atoms with Crippen molar-refractivity contribution in [2.75, 3.05) is 40.8 Å². The van der Waals surface area contributed by atoms with E-state index < -0.39 is 18.0 Å². The Balaban J connectivity index is 2.12. The van der Waals surface area contributed by atoms with Gasteiger partial charge in [0.15, 0.2) is 6.10 Å². The molecule has 0 bridgehead atoms. The second-order valence-electron chi connectivity index (χ2n) is 6.15. The minimum absolute atomic E-state index is 0.183. The molecule has 24 heavy (non-hydrogen) atoms. The number of carbonyl (C=O) groups excluding carboxylic acids is 2. The van der Waals surface area contributed by atoms with E-state index in [1.165, 1.54) is 11.0 Å². The lowest BCUT2D eigenvalue weighted by Crippen LogP contribution is -2.53. The predicted molar refractivity (Wildman–Crippen MR) is 87.8 cm³/mol. The van der Waals surface area contributed by atoms with Gasteiger partial charge < -0.3 is 19.9 Å². The molecule has 132 valence electrons. The van der Waals surface area contributed by atoms with E-state index in [0.717, 1.165) is 13.0 Å². The summed E-state index contributed by atoms with van der Waals surface area (Å²) in [6, 6.07) is 5.36. The number of amides is 2. The third kappa shape index (κ3) is 4.30. The van der Waals surface area contributed by atoms with Crippen LogP contribution in [-0.4, -0.2) is 68.6 Å². The molecule has 1 N–H and O–H groups in total. The zero-order valence-corrected chi connectivity index (χ0v) is 14.3. The Hall–Kier alpha value is -1.99. The lowest BCUT2D eigenvalue weighted by atomic mass is 9.97. The standard InChI is InChI=1S/C17H24FN3O3/c1-20(2)10-6-9-19-17(23)16-15(21(3)14(22)11-24-16)12-7-4-5-8-13(12)18/h4-5,7-8,15-16H,6,9-11H2,1-3H3,(H,19,23)/t15-,16-/m0/s1. The molecule has 0 aliphatic carbocycles. The first-order valence-electron chi connectivity index (χ1n) is 7.96. The van der Waals surface area contributed by atoms with E-state index in [1.807, 2.05) is 19.0 Å². The zero-order chi connectivity index (χ0) is 17.7. The minimum atomic E-state index is -0.927. The first-order chi connectivity index (χ1) is 11.4. The van der Waals surface area contributed by atoms with Crippen molar-refractivity contribution in [2.45, 2.75) is 18.6 Å². The Labute approximate surface area is 141 Å². The Bertz CT molecular complexity index is 594. The summed E-state index contributed by atoms with van der Waals surface area (Å²) in [4.78, 5) is 27.8. The quantitative estimate of drug-likeness (QED) is 0.780. The van der Waals surface area contributed by atoms with E-state index in [-0.39, 0.29) is 24.0 Å². The molecule has 2 rings (SSSR count). The third-order valence-corrected chi connectivity index (χ3v) is 4.05. The molecule has 1 fully saturated rings. The second-order valence-corrected chi connectivity index (χ2v) is 6.15. The maximum Gasteiger partial charge on any atom is 0.251 e. The highest BCUT2D eigenvalue weighted by Crippen LogP contribution is 2.30. The van der Waals surface area contributed by atoms with Crippen LogP contribution in [0.15, 0.2) is 24.3 Å². The van der Waals surface area contributed by atoms with E-state index in [2.05, 4.69) is 5.32 Å². The highest BCUT2D eigenvalue weighted by atomic mass is 19.1. The van der Waals surface area contributed by atoms with Crippen molar-refractivity contribution in [1.29, 1.82) is 0 Å². The molecular weight excluding hydrogens is 313 g/mol. The largest absolute Gasteiger partial charge is 0.356 e. The van der Waals surface area contributed by atoms with Gasteiger partial charge in [0.05, 0.1) is 6.04 Å². The van der Waals surface area contributed by atoms with Crippen LogP contribution < -0.4 is 5.32 Å². The van der Waals surface area contributed by atoms with Gasteiger partial charge in [-0.2, -0.15) is 0 Å². The van der Waals surface area contributed by atoms with Crippen LogP contribution in [0.2, 0.25) is 0 Å². The monoisotopic (exact) mass is 337 g/mol. The Morgan fingerprint density at radius 3 is 2.79 bits per heavy atom. The molecule has 7 heteroatoms. The fourth-order valence-corrected chi connectivity index (χ4v) is 2.73. The predicted octanol–water partition coefficient (Wildman–Crippen LogP) is 0.792. The van der Waals surface area contributed by atoms with Gasteiger partial charge >= 0.3 is 0 Å². The van der Waals surface area contributed by atoms with Crippen molar-refractivity contribution in [2.24, 2.45) is 0 Å². The van der Waals surface area contributed by atoms with Gasteiger partial charge in [-0.15, -0.1) is 0 Å². The molecule has 0 saturated carbocycles. The van der Waals surface area contributed by atoms with Gasteiger partial charge in [0, 0.05) is 19.2 Å². The summed E-state index contributed by atoms with van der Waals surface area (Å²) < 4.78 is 19.6. The highest BCUT2D eigenvalue weighted by molar-refractivity contribution is 5.86. The zero-order valence-electron chi connectivity index (χ0n) is 14.3. The molecule has 1 aliphatic heterocycles. The average molecular weight is 337 g/mol. The third-order valence-electron chi connectivity index (χ3n) is 4.05. The molecule has 1 saturated heterocycles.